The molecule has 0 amide bonds. The molecule has 0 radical (unpaired) electrons. The van der Waals surface area contributed by atoms with Crippen molar-refractivity contribution in [2.24, 2.45) is 0 Å². The van der Waals surface area contributed by atoms with Gasteiger partial charge in [-0.25, -0.2) is 9.97 Å². The van der Waals surface area contributed by atoms with Crippen molar-refractivity contribution in [3.05, 3.63) is 18.1 Å². The summed E-state index contributed by atoms with van der Waals surface area (Å²) in [6, 6.07) is 2.71. The summed E-state index contributed by atoms with van der Waals surface area (Å²) in [5.41, 5.74) is 0.571. The van der Waals surface area contributed by atoms with Crippen LogP contribution in [0.25, 0.3) is 0 Å². The molecule has 4 nitrogen and oxygen atoms in total. The first-order valence-electron chi connectivity index (χ1n) is 4.83. The molecule has 14 heavy (non-hydrogen) atoms. The van der Waals surface area contributed by atoms with Crippen LogP contribution >= 0.6 is 0 Å². The second kappa shape index (κ2) is 3.62. The minimum Gasteiger partial charge on any atom is -0.353 e. The van der Waals surface area contributed by atoms with Crippen molar-refractivity contribution in [1.29, 1.82) is 5.26 Å². The van der Waals surface area contributed by atoms with Gasteiger partial charge in [-0.05, 0) is 19.8 Å². The summed E-state index contributed by atoms with van der Waals surface area (Å²) in [7, 11) is 0. The summed E-state index contributed by atoms with van der Waals surface area (Å²) >= 11 is 0. The average molecular weight is 188 g/mol. The van der Waals surface area contributed by atoms with Crippen LogP contribution in [-0.4, -0.2) is 22.6 Å². The van der Waals surface area contributed by atoms with Crippen molar-refractivity contribution in [3.8, 4) is 6.07 Å². The van der Waals surface area contributed by atoms with Crippen molar-refractivity contribution >= 4 is 5.82 Å². The lowest BCUT2D eigenvalue weighted by atomic mass is 10.3. The Morgan fingerprint density at radius 1 is 1.64 bits per heavy atom. The van der Waals surface area contributed by atoms with E-state index >= 15 is 0 Å². The molecule has 4 heteroatoms. The van der Waals surface area contributed by atoms with Crippen molar-refractivity contribution in [2.45, 2.75) is 25.8 Å². The smallest absolute Gasteiger partial charge is 0.150 e. The quantitative estimate of drug-likeness (QED) is 0.718. The van der Waals surface area contributed by atoms with E-state index in [4.69, 9.17) is 5.26 Å². The zero-order valence-corrected chi connectivity index (χ0v) is 8.14. The van der Waals surface area contributed by atoms with E-state index in [-0.39, 0.29) is 0 Å². The van der Waals surface area contributed by atoms with Crippen molar-refractivity contribution in [1.82, 2.24) is 9.97 Å². The predicted molar refractivity (Wildman–Crippen MR) is 52.8 cm³/mol. The van der Waals surface area contributed by atoms with Crippen LogP contribution in [0.2, 0.25) is 0 Å². The van der Waals surface area contributed by atoms with Gasteiger partial charge in [0.2, 0.25) is 0 Å². The number of nitrogens with zero attached hydrogens (tertiary/aromatic N) is 4. The zero-order valence-electron chi connectivity index (χ0n) is 8.14. The summed E-state index contributed by atoms with van der Waals surface area (Å²) in [4.78, 5) is 10.2. The molecule has 1 heterocycles. The highest BCUT2D eigenvalue weighted by Gasteiger charge is 2.30. The molecule has 0 saturated heterocycles. The van der Waals surface area contributed by atoms with Gasteiger partial charge in [-0.1, -0.05) is 0 Å². The summed E-state index contributed by atoms with van der Waals surface area (Å²) < 4.78 is 0. The van der Waals surface area contributed by atoms with Gasteiger partial charge in [-0.2, -0.15) is 5.26 Å². The van der Waals surface area contributed by atoms with Crippen LogP contribution in [0.5, 0.6) is 0 Å². The summed E-state index contributed by atoms with van der Waals surface area (Å²) in [5, 5.41) is 8.91. The molecule has 1 aliphatic carbocycles. The molecule has 2 rings (SSSR count). The van der Waals surface area contributed by atoms with E-state index in [1.807, 2.05) is 0 Å². The first-order valence-corrected chi connectivity index (χ1v) is 4.83. The monoisotopic (exact) mass is 188 g/mol. The zero-order chi connectivity index (χ0) is 9.97. The Balaban J connectivity index is 2.33. The lowest BCUT2D eigenvalue weighted by molar-refractivity contribution is 0.802. The minimum atomic E-state index is 0.571. The fourth-order valence-electron chi connectivity index (χ4n) is 1.60. The maximum Gasteiger partial charge on any atom is 0.150 e. The number of nitriles is 1. The molecular weight excluding hydrogens is 176 g/mol. The SMILES string of the molecule is CCN(c1ncncc1C#N)C1CC1. The predicted octanol–water partition coefficient (Wildman–Crippen LogP) is 1.34. The number of aromatic nitrogens is 2. The van der Waals surface area contributed by atoms with Gasteiger partial charge in [0.05, 0.1) is 6.20 Å². The Bertz CT molecular complexity index is 365. The standard InChI is InChI=1S/C10H12N4/c1-2-14(9-3-4-9)10-8(5-11)6-12-7-13-10/h6-7,9H,2-4H2,1H3. The van der Waals surface area contributed by atoms with Gasteiger partial charge in [-0.15, -0.1) is 0 Å². The molecule has 1 aromatic heterocycles. The highest BCUT2D eigenvalue weighted by atomic mass is 15.2. The Morgan fingerprint density at radius 3 is 3.00 bits per heavy atom. The third kappa shape index (κ3) is 1.53. The molecule has 0 N–H and O–H groups in total. The molecule has 72 valence electrons. The van der Waals surface area contributed by atoms with Crippen LogP contribution in [0, 0.1) is 11.3 Å². The van der Waals surface area contributed by atoms with Gasteiger partial charge in [0, 0.05) is 12.6 Å². The first kappa shape index (κ1) is 8.95. The molecule has 1 aromatic rings. The van der Waals surface area contributed by atoms with E-state index in [1.54, 1.807) is 6.20 Å². The van der Waals surface area contributed by atoms with E-state index < -0.39 is 0 Å². The lowest BCUT2D eigenvalue weighted by Crippen LogP contribution is -2.26. The highest BCUT2D eigenvalue weighted by molar-refractivity contribution is 5.53. The van der Waals surface area contributed by atoms with E-state index in [0.717, 1.165) is 12.4 Å². The second-order valence-electron chi connectivity index (χ2n) is 3.39. The van der Waals surface area contributed by atoms with Gasteiger partial charge >= 0.3 is 0 Å². The normalized spacial score (nSPS) is 14.9. The molecule has 1 saturated carbocycles. The molecule has 1 aliphatic rings. The molecular formula is C10H12N4. The molecule has 0 bridgehead atoms. The fraction of sp³-hybridized carbons (Fsp3) is 0.500. The fourth-order valence-corrected chi connectivity index (χ4v) is 1.60. The molecule has 0 aliphatic heterocycles. The van der Waals surface area contributed by atoms with Crippen LogP contribution in [-0.2, 0) is 0 Å². The largest absolute Gasteiger partial charge is 0.353 e. The maximum absolute atomic E-state index is 8.91. The average Bonchev–Trinajstić information content (AvgIpc) is 3.04. The molecule has 0 spiro atoms. The molecule has 0 atom stereocenters. The number of anilines is 1. The van der Waals surface area contributed by atoms with Crippen LogP contribution in [0.1, 0.15) is 25.3 Å². The second-order valence-corrected chi connectivity index (χ2v) is 3.39. The van der Waals surface area contributed by atoms with Crippen LogP contribution < -0.4 is 4.90 Å². The molecule has 1 fully saturated rings. The Labute approximate surface area is 83.2 Å². The Morgan fingerprint density at radius 2 is 2.43 bits per heavy atom. The summed E-state index contributed by atoms with van der Waals surface area (Å²) in [6.07, 6.45) is 5.50. The molecule has 0 aromatic carbocycles. The topological polar surface area (TPSA) is 52.8 Å². The maximum atomic E-state index is 8.91. The Hall–Kier alpha value is -1.63. The third-order valence-corrected chi connectivity index (χ3v) is 2.41. The first-order chi connectivity index (χ1) is 6.86. The van der Waals surface area contributed by atoms with E-state index in [1.165, 1.54) is 19.2 Å². The number of hydrogen-bond donors (Lipinski definition) is 0. The number of hydrogen-bond acceptors (Lipinski definition) is 4. The Kier molecular flexibility index (Phi) is 2.32. The van der Waals surface area contributed by atoms with Crippen molar-refractivity contribution < 1.29 is 0 Å². The summed E-state index contributed by atoms with van der Waals surface area (Å²) in [6.45, 7) is 2.98. The lowest BCUT2D eigenvalue weighted by Gasteiger charge is -2.21. The van der Waals surface area contributed by atoms with Crippen LogP contribution in [0.3, 0.4) is 0 Å². The van der Waals surface area contributed by atoms with Crippen molar-refractivity contribution in [3.63, 3.8) is 0 Å². The van der Waals surface area contributed by atoms with Gasteiger partial charge < -0.3 is 4.90 Å². The molecule has 0 unspecified atom stereocenters. The number of rotatable bonds is 3. The van der Waals surface area contributed by atoms with E-state index in [0.29, 0.717) is 11.6 Å². The van der Waals surface area contributed by atoms with E-state index in [9.17, 15) is 0 Å². The minimum absolute atomic E-state index is 0.571. The van der Waals surface area contributed by atoms with Crippen LogP contribution in [0.15, 0.2) is 12.5 Å². The van der Waals surface area contributed by atoms with E-state index in [2.05, 4.69) is 27.9 Å². The van der Waals surface area contributed by atoms with Gasteiger partial charge in [0.15, 0.2) is 0 Å². The van der Waals surface area contributed by atoms with Gasteiger partial charge in [0.1, 0.15) is 23.8 Å². The third-order valence-electron chi connectivity index (χ3n) is 2.41. The van der Waals surface area contributed by atoms with Crippen LogP contribution in [0.4, 0.5) is 5.82 Å². The van der Waals surface area contributed by atoms with Gasteiger partial charge in [0.25, 0.3) is 0 Å². The summed E-state index contributed by atoms with van der Waals surface area (Å²) in [5.74, 6) is 0.785. The highest BCUT2D eigenvalue weighted by Crippen LogP contribution is 2.31. The van der Waals surface area contributed by atoms with Gasteiger partial charge in [-0.3, -0.25) is 0 Å². The van der Waals surface area contributed by atoms with Crippen molar-refractivity contribution in [2.75, 3.05) is 11.4 Å².